The second kappa shape index (κ2) is 3.63. The van der Waals surface area contributed by atoms with Crippen LogP contribution in [0.5, 0.6) is 0 Å². The van der Waals surface area contributed by atoms with E-state index in [-0.39, 0.29) is 6.54 Å². The summed E-state index contributed by atoms with van der Waals surface area (Å²) in [4.78, 5) is 10.2. The molecule has 0 bridgehead atoms. The van der Waals surface area contributed by atoms with Crippen molar-refractivity contribution >= 4 is 5.97 Å². The first kappa shape index (κ1) is 10.3. The Hall–Kier alpha value is -0.690. The van der Waals surface area contributed by atoms with E-state index in [2.05, 4.69) is 0 Å². The van der Waals surface area contributed by atoms with Crippen LogP contribution >= 0.6 is 0 Å². The van der Waals surface area contributed by atoms with E-state index in [1.54, 1.807) is 0 Å². The molecule has 0 saturated carbocycles. The van der Waals surface area contributed by atoms with Gasteiger partial charge in [-0.3, -0.25) is 5.32 Å². The Balaban J connectivity index is 4.38. The first-order valence-corrected chi connectivity index (χ1v) is 3.02. The number of hydrogen-bond donors (Lipinski definition) is 5. The van der Waals surface area contributed by atoms with Gasteiger partial charge in [0.1, 0.15) is 0 Å². The Morgan fingerprint density at radius 2 is 2.09 bits per heavy atom. The van der Waals surface area contributed by atoms with Crippen molar-refractivity contribution in [2.24, 2.45) is 0 Å². The molecule has 0 fully saturated rings. The highest BCUT2D eigenvalue weighted by atomic mass is 16.5. The number of hydrogen-bond acceptors (Lipinski definition) is 5. The highest BCUT2D eigenvalue weighted by molar-refractivity contribution is 5.77. The summed E-state index contributed by atoms with van der Waals surface area (Å²) in [6.07, 6.45) is -2.35. The molecule has 66 valence electrons. The third-order valence-electron chi connectivity index (χ3n) is 1.15. The van der Waals surface area contributed by atoms with E-state index in [1.165, 1.54) is 6.92 Å². The Morgan fingerprint density at radius 3 is 2.18 bits per heavy atom. The summed E-state index contributed by atoms with van der Waals surface area (Å²) in [7, 11) is 0. The van der Waals surface area contributed by atoms with E-state index in [0.29, 0.717) is 0 Å². The summed E-state index contributed by atoms with van der Waals surface area (Å²) in [6, 6.07) is 0. The van der Waals surface area contributed by atoms with Gasteiger partial charge in [-0.05, 0) is 6.54 Å². The minimum atomic E-state index is -2.67. The summed E-state index contributed by atoms with van der Waals surface area (Å²) >= 11 is 0. The number of aliphatic hydroxyl groups excluding tert-OH is 1. The van der Waals surface area contributed by atoms with Crippen LogP contribution in [-0.4, -0.2) is 45.0 Å². The molecule has 0 aromatic carbocycles. The van der Waals surface area contributed by atoms with Crippen LogP contribution in [0.1, 0.15) is 6.92 Å². The molecule has 0 aliphatic carbocycles. The predicted octanol–water partition coefficient (Wildman–Crippen LogP) is -2.32. The molecular formula is C5H11NO5. The average molecular weight is 165 g/mol. The van der Waals surface area contributed by atoms with Gasteiger partial charge in [-0.15, -0.1) is 0 Å². The SMILES string of the molecule is CCNC(O)(C(=O)O)C(O)O. The first-order valence-electron chi connectivity index (χ1n) is 3.02. The average Bonchev–Trinajstić information content (AvgIpc) is 1.87. The highest BCUT2D eigenvalue weighted by Crippen LogP contribution is 2.03. The number of carboxylic acid groups (broad SMARTS) is 1. The standard InChI is InChI=1S/C5H11NO5/c1-2-6-5(11,3(7)8)4(9)10/h3,6-8,11H,2H2,1H3,(H,9,10). The molecule has 0 rings (SSSR count). The molecule has 11 heavy (non-hydrogen) atoms. The van der Waals surface area contributed by atoms with Crippen molar-refractivity contribution in [3.05, 3.63) is 0 Å². The molecule has 0 aliphatic rings. The maximum atomic E-state index is 10.2. The van der Waals surface area contributed by atoms with Gasteiger partial charge in [0.25, 0.3) is 5.72 Å². The normalized spacial score (nSPS) is 16.5. The van der Waals surface area contributed by atoms with Gasteiger partial charge in [0.15, 0.2) is 0 Å². The van der Waals surface area contributed by atoms with Crippen LogP contribution in [0.25, 0.3) is 0 Å². The van der Waals surface area contributed by atoms with E-state index >= 15 is 0 Å². The quantitative estimate of drug-likeness (QED) is 0.299. The van der Waals surface area contributed by atoms with Crippen molar-refractivity contribution in [3.8, 4) is 0 Å². The highest BCUT2D eigenvalue weighted by Gasteiger charge is 2.42. The minimum Gasteiger partial charge on any atom is -0.478 e. The molecule has 1 atom stereocenters. The maximum absolute atomic E-state index is 10.2. The number of nitrogens with one attached hydrogen (secondary N) is 1. The second-order valence-electron chi connectivity index (χ2n) is 1.98. The molecule has 1 unspecified atom stereocenters. The predicted molar refractivity (Wildman–Crippen MR) is 34.5 cm³/mol. The maximum Gasteiger partial charge on any atom is 0.356 e. The lowest BCUT2D eigenvalue weighted by molar-refractivity contribution is -0.215. The largest absolute Gasteiger partial charge is 0.478 e. The summed E-state index contributed by atoms with van der Waals surface area (Å²) in [5.41, 5.74) is -2.67. The van der Waals surface area contributed by atoms with Gasteiger partial charge < -0.3 is 20.4 Å². The molecule has 6 nitrogen and oxygen atoms in total. The lowest BCUT2D eigenvalue weighted by Gasteiger charge is -2.25. The number of likely N-dealkylation sites (N-methyl/N-ethyl adjacent to an activating group) is 1. The van der Waals surface area contributed by atoms with Crippen LogP contribution in [0.2, 0.25) is 0 Å². The number of aliphatic carboxylic acids is 1. The fourth-order valence-corrected chi connectivity index (χ4v) is 0.547. The van der Waals surface area contributed by atoms with Crippen molar-refractivity contribution in [3.63, 3.8) is 0 Å². The summed E-state index contributed by atoms with van der Waals surface area (Å²) in [5.74, 6) is -1.73. The van der Waals surface area contributed by atoms with Gasteiger partial charge in [-0.2, -0.15) is 0 Å². The van der Waals surface area contributed by atoms with Gasteiger partial charge in [0.2, 0.25) is 6.29 Å². The molecule has 0 spiro atoms. The van der Waals surface area contributed by atoms with Gasteiger partial charge in [-0.25, -0.2) is 4.79 Å². The molecular weight excluding hydrogens is 154 g/mol. The summed E-state index contributed by atoms with van der Waals surface area (Å²) in [6.45, 7) is 1.64. The third-order valence-corrected chi connectivity index (χ3v) is 1.15. The first-order chi connectivity index (χ1) is 4.95. The molecule has 0 aromatic heterocycles. The lowest BCUT2D eigenvalue weighted by Crippen LogP contribution is -2.60. The lowest BCUT2D eigenvalue weighted by atomic mass is 10.2. The number of carbonyl (C=O) groups is 1. The smallest absolute Gasteiger partial charge is 0.356 e. The molecule has 0 saturated heterocycles. The topological polar surface area (TPSA) is 110 Å². The Morgan fingerprint density at radius 1 is 1.64 bits per heavy atom. The zero-order chi connectivity index (χ0) is 9.07. The number of carboxylic acids is 1. The summed E-state index contributed by atoms with van der Waals surface area (Å²) in [5, 5.41) is 36.1. The van der Waals surface area contributed by atoms with E-state index in [0.717, 1.165) is 0 Å². The summed E-state index contributed by atoms with van der Waals surface area (Å²) < 4.78 is 0. The third kappa shape index (κ3) is 2.12. The fraction of sp³-hybridized carbons (Fsp3) is 0.800. The van der Waals surface area contributed by atoms with E-state index < -0.39 is 18.0 Å². The van der Waals surface area contributed by atoms with E-state index in [4.69, 9.17) is 20.4 Å². The van der Waals surface area contributed by atoms with Gasteiger partial charge in [0, 0.05) is 0 Å². The molecule has 0 aliphatic heterocycles. The zero-order valence-corrected chi connectivity index (χ0v) is 5.98. The number of aliphatic hydroxyl groups is 3. The second-order valence-corrected chi connectivity index (χ2v) is 1.98. The van der Waals surface area contributed by atoms with Crippen LogP contribution in [0, 0.1) is 0 Å². The molecule has 6 heteroatoms. The van der Waals surface area contributed by atoms with Crippen LogP contribution in [0.3, 0.4) is 0 Å². The molecule has 0 aromatic rings. The molecule has 0 amide bonds. The molecule has 5 N–H and O–H groups in total. The van der Waals surface area contributed by atoms with Crippen LogP contribution < -0.4 is 5.32 Å². The van der Waals surface area contributed by atoms with Gasteiger partial charge in [-0.1, -0.05) is 6.92 Å². The van der Waals surface area contributed by atoms with Gasteiger partial charge >= 0.3 is 5.97 Å². The van der Waals surface area contributed by atoms with Crippen LogP contribution in [0.15, 0.2) is 0 Å². The van der Waals surface area contributed by atoms with Crippen LogP contribution in [0.4, 0.5) is 0 Å². The van der Waals surface area contributed by atoms with Crippen molar-refractivity contribution < 1.29 is 25.2 Å². The number of rotatable bonds is 4. The molecule has 0 heterocycles. The fourth-order valence-electron chi connectivity index (χ4n) is 0.547. The minimum absolute atomic E-state index is 0.112. The Labute approximate surface area is 63.1 Å². The van der Waals surface area contributed by atoms with Crippen molar-refractivity contribution in [1.29, 1.82) is 0 Å². The van der Waals surface area contributed by atoms with Crippen molar-refractivity contribution in [2.75, 3.05) is 6.54 Å². The monoisotopic (exact) mass is 165 g/mol. The Kier molecular flexibility index (Phi) is 3.40. The zero-order valence-electron chi connectivity index (χ0n) is 5.98. The van der Waals surface area contributed by atoms with Crippen LogP contribution in [-0.2, 0) is 4.79 Å². The van der Waals surface area contributed by atoms with E-state index in [1.807, 2.05) is 5.32 Å². The molecule has 0 radical (unpaired) electrons. The van der Waals surface area contributed by atoms with Crippen molar-refractivity contribution in [2.45, 2.75) is 18.9 Å². The Bertz CT molecular complexity index is 148. The van der Waals surface area contributed by atoms with Crippen molar-refractivity contribution in [1.82, 2.24) is 5.32 Å². The van der Waals surface area contributed by atoms with Gasteiger partial charge in [0.05, 0.1) is 0 Å². The van der Waals surface area contributed by atoms with E-state index in [9.17, 15) is 4.79 Å².